The fourth-order valence-electron chi connectivity index (χ4n) is 2.19. The van der Waals surface area contributed by atoms with E-state index in [1.54, 1.807) is 24.3 Å². The Kier molecular flexibility index (Phi) is 5.44. The van der Waals surface area contributed by atoms with E-state index < -0.39 is 0 Å². The first-order chi connectivity index (χ1) is 8.80. The SMILES string of the molecule is CN(C)CC(C)(C)CNCc1ccc([N+](=O)[O-])cc1. The van der Waals surface area contributed by atoms with Gasteiger partial charge >= 0.3 is 0 Å². The zero-order valence-corrected chi connectivity index (χ0v) is 12.1. The van der Waals surface area contributed by atoms with E-state index in [1.165, 1.54) is 0 Å². The highest BCUT2D eigenvalue weighted by atomic mass is 16.6. The highest BCUT2D eigenvalue weighted by Crippen LogP contribution is 2.15. The fraction of sp³-hybridized carbons (Fsp3) is 0.571. The molecule has 1 N–H and O–H groups in total. The van der Waals surface area contributed by atoms with Crippen LogP contribution in [0, 0.1) is 15.5 Å². The van der Waals surface area contributed by atoms with Crippen LogP contribution >= 0.6 is 0 Å². The summed E-state index contributed by atoms with van der Waals surface area (Å²) in [4.78, 5) is 12.3. The van der Waals surface area contributed by atoms with Gasteiger partial charge < -0.3 is 10.2 Å². The van der Waals surface area contributed by atoms with E-state index in [0.29, 0.717) is 0 Å². The van der Waals surface area contributed by atoms with Crippen LogP contribution in [0.1, 0.15) is 19.4 Å². The molecule has 106 valence electrons. The first-order valence-corrected chi connectivity index (χ1v) is 6.39. The highest BCUT2D eigenvalue weighted by molar-refractivity contribution is 5.32. The van der Waals surface area contributed by atoms with Gasteiger partial charge in [-0.25, -0.2) is 0 Å². The zero-order chi connectivity index (χ0) is 14.5. The first-order valence-electron chi connectivity index (χ1n) is 6.39. The van der Waals surface area contributed by atoms with Gasteiger partial charge in [-0.15, -0.1) is 0 Å². The second-order valence-corrected chi connectivity index (χ2v) is 5.93. The van der Waals surface area contributed by atoms with Gasteiger partial charge in [0.2, 0.25) is 0 Å². The lowest BCUT2D eigenvalue weighted by Gasteiger charge is -2.28. The van der Waals surface area contributed by atoms with E-state index in [2.05, 4.69) is 38.2 Å². The van der Waals surface area contributed by atoms with E-state index in [0.717, 1.165) is 25.2 Å². The van der Waals surface area contributed by atoms with Crippen molar-refractivity contribution in [3.05, 3.63) is 39.9 Å². The van der Waals surface area contributed by atoms with E-state index in [1.807, 2.05) is 0 Å². The van der Waals surface area contributed by atoms with Crippen molar-refractivity contribution in [2.75, 3.05) is 27.2 Å². The molecule has 0 saturated carbocycles. The molecule has 5 heteroatoms. The Hall–Kier alpha value is -1.46. The van der Waals surface area contributed by atoms with Crippen molar-refractivity contribution in [2.45, 2.75) is 20.4 Å². The topological polar surface area (TPSA) is 58.4 Å². The van der Waals surface area contributed by atoms with Gasteiger partial charge in [-0.3, -0.25) is 10.1 Å². The second-order valence-electron chi connectivity index (χ2n) is 5.93. The molecule has 0 aliphatic heterocycles. The van der Waals surface area contributed by atoms with E-state index in [4.69, 9.17) is 0 Å². The Bertz CT molecular complexity index is 413. The molecular formula is C14H23N3O2. The first kappa shape index (κ1) is 15.6. The normalized spacial score (nSPS) is 11.8. The molecule has 0 spiro atoms. The van der Waals surface area contributed by atoms with E-state index >= 15 is 0 Å². The molecule has 0 unspecified atom stereocenters. The number of benzene rings is 1. The molecule has 0 amide bonds. The molecule has 5 nitrogen and oxygen atoms in total. The van der Waals surface area contributed by atoms with Crippen LogP contribution in [0.3, 0.4) is 0 Å². The van der Waals surface area contributed by atoms with Crippen molar-refractivity contribution in [3.8, 4) is 0 Å². The van der Waals surface area contributed by atoms with Crippen molar-refractivity contribution in [1.29, 1.82) is 0 Å². The maximum absolute atomic E-state index is 10.5. The standard InChI is InChI=1S/C14H23N3O2/c1-14(2,11-16(3)4)10-15-9-12-5-7-13(8-6-12)17(18)19/h5-8,15H,9-11H2,1-4H3. The van der Waals surface area contributed by atoms with Crippen molar-refractivity contribution in [2.24, 2.45) is 5.41 Å². The number of nitrogens with one attached hydrogen (secondary N) is 1. The average molecular weight is 265 g/mol. The van der Waals surface area contributed by atoms with Crippen LogP contribution in [0.4, 0.5) is 5.69 Å². The molecule has 0 radical (unpaired) electrons. The maximum atomic E-state index is 10.5. The van der Waals surface area contributed by atoms with Gasteiger partial charge in [0.15, 0.2) is 0 Å². The lowest BCUT2D eigenvalue weighted by atomic mass is 9.93. The molecule has 0 atom stereocenters. The zero-order valence-electron chi connectivity index (χ0n) is 12.1. The third kappa shape index (κ3) is 5.81. The van der Waals surface area contributed by atoms with Crippen LogP contribution in [0.25, 0.3) is 0 Å². The third-order valence-electron chi connectivity index (χ3n) is 2.82. The van der Waals surface area contributed by atoms with Crippen molar-refractivity contribution < 1.29 is 4.92 Å². The highest BCUT2D eigenvalue weighted by Gasteiger charge is 2.18. The Morgan fingerprint density at radius 2 is 1.84 bits per heavy atom. The molecule has 0 aliphatic carbocycles. The number of hydrogen-bond donors (Lipinski definition) is 1. The minimum absolute atomic E-state index is 0.136. The summed E-state index contributed by atoms with van der Waals surface area (Å²) < 4.78 is 0. The van der Waals surface area contributed by atoms with Crippen LogP contribution in [0.15, 0.2) is 24.3 Å². The number of non-ortho nitro benzene ring substituents is 1. The van der Waals surface area contributed by atoms with Gasteiger partial charge in [-0.2, -0.15) is 0 Å². The molecule has 0 saturated heterocycles. The summed E-state index contributed by atoms with van der Waals surface area (Å²) in [5, 5.41) is 13.9. The van der Waals surface area contributed by atoms with Crippen LogP contribution in [-0.4, -0.2) is 37.0 Å². The quantitative estimate of drug-likeness (QED) is 0.607. The molecule has 1 aromatic rings. The van der Waals surface area contributed by atoms with Gasteiger partial charge in [-0.05, 0) is 25.1 Å². The maximum Gasteiger partial charge on any atom is 0.269 e. The summed E-state index contributed by atoms with van der Waals surface area (Å²) in [5.74, 6) is 0. The Labute approximate surface area is 114 Å². The average Bonchev–Trinajstić information content (AvgIpc) is 2.27. The van der Waals surface area contributed by atoms with Crippen LogP contribution in [0.2, 0.25) is 0 Å². The Morgan fingerprint density at radius 1 is 1.26 bits per heavy atom. The number of nitro groups is 1. The predicted octanol–water partition coefficient (Wildman–Crippen LogP) is 2.27. The monoisotopic (exact) mass is 265 g/mol. The molecule has 1 aromatic carbocycles. The molecular weight excluding hydrogens is 242 g/mol. The Balaban J connectivity index is 2.42. The summed E-state index contributed by atoms with van der Waals surface area (Å²) in [5.41, 5.74) is 1.40. The number of hydrogen-bond acceptors (Lipinski definition) is 4. The van der Waals surface area contributed by atoms with Gasteiger partial charge in [0.25, 0.3) is 5.69 Å². The lowest BCUT2D eigenvalue weighted by molar-refractivity contribution is -0.384. The number of rotatable bonds is 7. The minimum Gasteiger partial charge on any atom is -0.312 e. The van der Waals surface area contributed by atoms with Crippen LogP contribution < -0.4 is 5.32 Å². The van der Waals surface area contributed by atoms with Crippen LogP contribution in [-0.2, 0) is 6.54 Å². The lowest BCUT2D eigenvalue weighted by Crippen LogP contribution is -2.37. The molecule has 0 aromatic heterocycles. The molecule has 0 aliphatic rings. The summed E-state index contributed by atoms with van der Waals surface area (Å²) >= 11 is 0. The molecule has 0 bridgehead atoms. The fourth-order valence-corrected chi connectivity index (χ4v) is 2.19. The van der Waals surface area contributed by atoms with Gasteiger partial charge in [0, 0.05) is 31.8 Å². The van der Waals surface area contributed by atoms with Crippen molar-refractivity contribution >= 4 is 5.69 Å². The van der Waals surface area contributed by atoms with E-state index in [9.17, 15) is 10.1 Å². The summed E-state index contributed by atoms with van der Waals surface area (Å²) in [6.07, 6.45) is 0. The largest absolute Gasteiger partial charge is 0.312 e. The second kappa shape index (κ2) is 6.63. The Morgan fingerprint density at radius 3 is 2.32 bits per heavy atom. The van der Waals surface area contributed by atoms with E-state index in [-0.39, 0.29) is 16.0 Å². The molecule has 0 heterocycles. The number of nitro benzene ring substituents is 1. The molecule has 1 rings (SSSR count). The van der Waals surface area contributed by atoms with Crippen molar-refractivity contribution in [1.82, 2.24) is 10.2 Å². The third-order valence-corrected chi connectivity index (χ3v) is 2.82. The van der Waals surface area contributed by atoms with Gasteiger partial charge in [0.05, 0.1) is 4.92 Å². The molecule has 0 fully saturated rings. The smallest absolute Gasteiger partial charge is 0.269 e. The van der Waals surface area contributed by atoms with Crippen LogP contribution in [0.5, 0.6) is 0 Å². The predicted molar refractivity (Wildman–Crippen MR) is 77.1 cm³/mol. The molecule has 19 heavy (non-hydrogen) atoms. The summed E-state index contributed by atoms with van der Waals surface area (Å²) in [6, 6.07) is 6.68. The summed E-state index contributed by atoms with van der Waals surface area (Å²) in [6.45, 7) is 7.09. The van der Waals surface area contributed by atoms with Gasteiger partial charge in [0.1, 0.15) is 0 Å². The summed E-state index contributed by atoms with van der Waals surface area (Å²) in [7, 11) is 4.14. The van der Waals surface area contributed by atoms with Crippen molar-refractivity contribution in [3.63, 3.8) is 0 Å². The van der Waals surface area contributed by atoms with Gasteiger partial charge in [-0.1, -0.05) is 26.0 Å². The minimum atomic E-state index is -0.378. The number of nitrogens with zero attached hydrogens (tertiary/aromatic N) is 2.